The predicted molar refractivity (Wildman–Crippen MR) is 136 cm³/mol. The van der Waals surface area contributed by atoms with Crippen LogP contribution in [0.1, 0.15) is 55.7 Å². The zero-order chi connectivity index (χ0) is 25.9. The van der Waals surface area contributed by atoms with E-state index < -0.39 is 11.4 Å². The Hall–Kier alpha value is -4.47. The Labute approximate surface area is 212 Å². The van der Waals surface area contributed by atoms with Gasteiger partial charge >= 0.3 is 0 Å². The number of para-hydroxylation sites is 1. The van der Waals surface area contributed by atoms with Crippen molar-refractivity contribution >= 4 is 11.0 Å². The molecule has 0 saturated carbocycles. The van der Waals surface area contributed by atoms with Crippen LogP contribution in [0.15, 0.2) is 62.3 Å². The first-order chi connectivity index (χ1) is 18.0. The second-order valence-electron chi connectivity index (χ2n) is 8.76. The lowest BCUT2D eigenvalue weighted by molar-refractivity contribution is 0.414. The van der Waals surface area contributed by atoms with E-state index in [1.54, 1.807) is 11.7 Å². The van der Waals surface area contributed by atoms with E-state index in [0.29, 0.717) is 23.5 Å². The van der Waals surface area contributed by atoms with E-state index in [9.17, 15) is 9.90 Å². The second-order valence-corrected chi connectivity index (χ2v) is 8.76. The minimum Gasteiger partial charge on any atom is -0.497 e. The van der Waals surface area contributed by atoms with Crippen LogP contribution in [0.3, 0.4) is 0 Å². The van der Waals surface area contributed by atoms with Gasteiger partial charge in [0.05, 0.1) is 19.6 Å². The number of nitrogens with zero attached hydrogens (tertiary/aromatic N) is 5. The molecule has 0 aliphatic heterocycles. The van der Waals surface area contributed by atoms with Crippen molar-refractivity contribution in [1.29, 1.82) is 0 Å². The summed E-state index contributed by atoms with van der Waals surface area (Å²) in [5.74, 6) is 0.909. The van der Waals surface area contributed by atoms with Crippen molar-refractivity contribution in [3.63, 3.8) is 0 Å². The molecule has 0 fully saturated rings. The highest BCUT2D eigenvalue weighted by Gasteiger charge is 2.26. The zero-order valence-corrected chi connectivity index (χ0v) is 20.8. The Morgan fingerprint density at radius 3 is 2.65 bits per heavy atom. The topological polar surface area (TPSA) is 129 Å². The van der Waals surface area contributed by atoms with E-state index >= 15 is 0 Å². The lowest BCUT2D eigenvalue weighted by Crippen LogP contribution is -2.30. The first-order valence-electron chi connectivity index (χ1n) is 12.1. The Balaban J connectivity index is 1.54. The molecule has 2 aromatic carbocycles. The molecule has 37 heavy (non-hydrogen) atoms. The maximum atomic E-state index is 13.8. The standard InChI is InChI=1S/C27H27N5O5/c1-4-5-10-22-28-25(33)24(27(34)32(22)16(2)17-11-13-18(35-3)14-12-17)26-30-29-23(36-26)15-20-19-8-6-7-9-21(19)37-31-20/h6-9,11-14,16,33H,4-5,10,15H2,1-3H3. The van der Waals surface area contributed by atoms with Gasteiger partial charge in [0.15, 0.2) is 11.1 Å². The molecule has 1 unspecified atom stereocenters. The van der Waals surface area contributed by atoms with Gasteiger partial charge in [0, 0.05) is 11.8 Å². The van der Waals surface area contributed by atoms with E-state index in [0.717, 1.165) is 29.5 Å². The summed E-state index contributed by atoms with van der Waals surface area (Å²) in [4.78, 5) is 18.2. The number of methoxy groups -OCH3 is 1. The van der Waals surface area contributed by atoms with Gasteiger partial charge in [-0.3, -0.25) is 9.36 Å². The van der Waals surface area contributed by atoms with Gasteiger partial charge in [-0.1, -0.05) is 42.8 Å². The number of aryl methyl sites for hydroxylation is 1. The lowest BCUT2D eigenvalue weighted by Gasteiger charge is -2.21. The number of rotatable bonds is 9. The molecule has 190 valence electrons. The Morgan fingerprint density at radius 1 is 1.11 bits per heavy atom. The van der Waals surface area contributed by atoms with E-state index in [2.05, 4.69) is 27.3 Å². The van der Waals surface area contributed by atoms with Crippen LogP contribution < -0.4 is 10.3 Å². The molecular weight excluding hydrogens is 474 g/mol. The van der Waals surface area contributed by atoms with E-state index in [4.69, 9.17) is 13.7 Å². The summed E-state index contributed by atoms with van der Waals surface area (Å²) in [5, 5.41) is 23.8. The second kappa shape index (κ2) is 10.3. The number of fused-ring (bicyclic) bond motifs is 1. The minimum atomic E-state index is -0.455. The molecule has 0 amide bonds. The van der Waals surface area contributed by atoms with Gasteiger partial charge in [0.1, 0.15) is 17.3 Å². The van der Waals surface area contributed by atoms with Crippen LogP contribution in [0.25, 0.3) is 22.4 Å². The molecule has 0 bridgehead atoms. The van der Waals surface area contributed by atoms with Crippen molar-refractivity contribution in [3.8, 4) is 23.1 Å². The minimum absolute atomic E-state index is 0.101. The van der Waals surface area contributed by atoms with Crippen LogP contribution in [-0.2, 0) is 12.8 Å². The molecule has 0 radical (unpaired) electrons. The number of ether oxygens (including phenoxy) is 1. The average molecular weight is 502 g/mol. The smallest absolute Gasteiger partial charge is 0.270 e. The fraction of sp³-hybridized carbons (Fsp3) is 0.296. The molecular formula is C27H27N5O5. The number of aromatic hydroxyl groups is 1. The van der Waals surface area contributed by atoms with Gasteiger partial charge in [0.25, 0.3) is 11.4 Å². The summed E-state index contributed by atoms with van der Waals surface area (Å²) in [6.07, 6.45) is 2.48. The number of benzene rings is 2. The molecule has 3 aromatic heterocycles. The highest BCUT2D eigenvalue weighted by Crippen LogP contribution is 2.28. The molecule has 10 nitrogen and oxygen atoms in total. The highest BCUT2D eigenvalue weighted by atomic mass is 16.5. The fourth-order valence-corrected chi connectivity index (χ4v) is 4.33. The summed E-state index contributed by atoms with van der Waals surface area (Å²) in [7, 11) is 1.60. The average Bonchev–Trinajstić information content (AvgIpc) is 3.54. The molecule has 0 aliphatic carbocycles. The first-order valence-corrected chi connectivity index (χ1v) is 12.1. The Bertz CT molecular complexity index is 1590. The van der Waals surface area contributed by atoms with Gasteiger partial charge in [-0.15, -0.1) is 10.2 Å². The lowest BCUT2D eigenvalue weighted by atomic mass is 10.1. The third kappa shape index (κ3) is 4.69. The Kier molecular flexibility index (Phi) is 6.72. The molecule has 0 aliphatic rings. The monoisotopic (exact) mass is 501 g/mol. The van der Waals surface area contributed by atoms with Gasteiger partial charge < -0.3 is 18.8 Å². The van der Waals surface area contributed by atoms with Gasteiger partial charge in [-0.2, -0.15) is 4.98 Å². The fourth-order valence-electron chi connectivity index (χ4n) is 4.33. The summed E-state index contributed by atoms with van der Waals surface area (Å²) >= 11 is 0. The van der Waals surface area contributed by atoms with Crippen molar-refractivity contribution in [2.45, 2.75) is 45.6 Å². The van der Waals surface area contributed by atoms with Gasteiger partial charge in [0.2, 0.25) is 11.8 Å². The van der Waals surface area contributed by atoms with E-state index in [1.807, 2.05) is 55.5 Å². The molecule has 5 aromatic rings. The predicted octanol–water partition coefficient (Wildman–Crippen LogP) is 4.69. The van der Waals surface area contributed by atoms with Crippen molar-refractivity contribution in [1.82, 2.24) is 24.9 Å². The largest absolute Gasteiger partial charge is 0.497 e. The van der Waals surface area contributed by atoms with Gasteiger partial charge in [-0.05, 0) is 43.2 Å². The summed E-state index contributed by atoms with van der Waals surface area (Å²) in [5.41, 5.74) is 1.59. The van der Waals surface area contributed by atoms with Crippen molar-refractivity contribution in [2.75, 3.05) is 7.11 Å². The third-order valence-electron chi connectivity index (χ3n) is 6.36. The molecule has 0 saturated heterocycles. The molecule has 0 spiro atoms. The van der Waals surface area contributed by atoms with E-state index in [1.165, 1.54) is 0 Å². The summed E-state index contributed by atoms with van der Waals surface area (Å²) in [6.45, 7) is 3.97. The maximum absolute atomic E-state index is 13.8. The summed E-state index contributed by atoms with van der Waals surface area (Å²) in [6, 6.07) is 14.6. The summed E-state index contributed by atoms with van der Waals surface area (Å²) < 4.78 is 18.0. The number of hydrogen-bond donors (Lipinski definition) is 1. The van der Waals surface area contributed by atoms with Gasteiger partial charge in [-0.25, -0.2) is 0 Å². The third-order valence-corrected chi connectivity index (χ3v) is 6.36. The van der Waals surface area contributed by atoms with Crippen molar-refractivity contribution < 1.29 is 18.8 Å². The molecule has 3 heterocycles. The number of aromatic nitrogens is 5. The Morgan fingerprint density at radius 2 is 1.89 bits per heavy atom. The number of hydrogen-bond acceptors (Lipinski definition) is 9. The normalized spacial score (nSPS) is 12.2. The van der Waals surface area contributed by atoms with Crippen molar-refractivity contribution in [2.24, 2.45) is 0 Å². The molecule has 1 N–H and O–H groups in total. The molecule has 5 rings (SSSR count). The first kappa shape index (κ1) is 24.2. The van der Waals surface area contributed by atoms with Crippen LogP contribution in [0.4, 0.5) is 0 Å². The van der Waals surface area contributed by atoms with Crippen LogP contribution >= 0.6 is 0 Å². The molecule has 1 atom stereocenters. The molecule has 10 heteroatoms. The highest BCUT2D eigenvalue weighted by molar-refractivity contribution is 5.79. The zero-order valence-electron chi connectivity index (χ0n) is 20.8. The quantitative estimate of drug-likeness (QED) is 0.306. The maximum Gasteiger partial charge on any atom is 0.270 e. The van der Waals surface area contributed by atoms with E-state index in [-0.39, 0.29) is 29.8 Å². The SMILES string of the molecule is CCCCc1nc(O)c(-c2nnc(Cc3noc4ccccc34)o2)c(=O)n1C(C)c1ccc(OC)cc1. The van der Waals surface area contributed by atoms with Crippen LogP contribution in [-0.4, -0.2) is 37.1 Å². The number of unbranched alkanes of at least 4 members (excludes halogenated alkanes) is 1. The van der Waals surface area contributed by atoms with Crippen LogP contribution in [0, 0.1) is 0 Å². The van der Waals surface area contributed by atoms with Crippen molar-refractivity contribution in [3.05, 3.63) is 81.9 Å². The van der Waals surface area contributed by atoms with Crippen LogP contribution in [0.5, 0.6) is 11.6 Å². The van der Waals surface area contributed by atoms with Crippen LogP contribution in [0.2, 0.25) is 0 Å².